The maximum absolute atomic E-state index is 12.7. The Bertz CT molecular complexity index is 1190. The summed E-state index contributed by atoms with van der Waals surface area (Å²) >= 11 is 1.34. The summed E-state index contributed by atoms with van der Waals surface area (Å²) in [5, 5.41) is 4.37. The molecule has 7 heteroatoms. The first-order valence-corrected chi connectivity index (χ1v) is 9.20. The molecule has 0 saturated heterocycles. The second kappa shape index (κ2) is 6.85. The molecule has 27 heavy (non-hydrogen) atoms. The molecule has 0 fully saturated rings. The summed E-state index contributed by atoms with van der Waals surface area (Å²) in [6.45, 7) is 0. The molecule has 6 nitrogen and oxygen atoms in total. The number of aromatic nitrogens is 3. The van der Waals surface area contributed by atoms with Gasteiger partial charge in [0.1, 0.15) is 5.75 Å². The average molecular weight is 378 g/mol. The summed E-state index contributed by atoms with van der Waals surface area (Å²) < 4.78 is 7.14. The molecule has 4 rings (SSSR count). The minimum Gasteiger partial charge on any atom is -0.497 e. The Kier molecular flexibility index (Phi) is 4.37. The van der Waals surface area contributed by atoms with E-state index >= 15 is 0 Å². The van der Waals surface area contributed by atoms with Crippen LogP contribution in [0.2, 0.25) is 0 Å². The number of methoxy groups -OCH3 is 1. The van der Waals surface area contributed by atoms with Crippen molar-refractivity contribution < 1.29 is 4.74 Å². The Morgan fingerprint density at radius 1 is 1.07 bits per heavy atom. The summed E-state index contributed by atoms with van der Waals surface area (Å²) in [4.78, 5) is 19.8. The standard InChI is InChI=1S/C20H18N4O2S/c1-23(2)15-8-4-13(5-9-15)12-17-19(25)24-20(27-17)21-18(22-24)14-6-10-16(26-3)11-7-14/h4-12H,1-3H3/b17-12-. The van der Waals surface area contributed by atoms with Crippen LogP contribution in [-0.4, -0.2) is 35.8 Å². The van der Waals surface area contributed by atoms with Gasteiger partial charge in [0.05, 0.1) is 11.6 Å². The molecule has 0 aliphatic heterocycles. The normalized spacial score (nSPS) is 11.9. The van der Waals surface area contributed by atoms with E-state index in [2.05, 4.69) is 10.1 Å². The molecule has 0 bridgehead atoms. The number of fused-ring (bicyclic) bond motifs is 1. The zero-order chi connectivity index (χ0) is 19.0. The zero-order valence-corrected chi connectivity index (χ0v) is 16.0. The molecule has 0 spiro atoms. The van der Waals surface area contributed by atoms with E-state index in [9.17, 15) is 4.79 Å². The second-order valence-corrected chi connectivity index (χ2v) is 7.27. The van der Waals surface area contributed by atoms with Crippen molar-refractivity contribution in [2.45, 2.75) is 0 Å². The maximum atomic E-state index is 12.7. The minimum atomic E-state index is -0.154. The summed E-state index contributed by atoms with van der Waals surface area (Å²) in [6.07, 6.45) is 1.87. The number of rotatable bonds is 4. The highest BCUT2D eigenvalue weighted by molar-refractivity contribution is 7.15. The van der Waals surface area contributed by atoms with E-state index in [1.807, 2.05) is 73.6 Å². The molecule has 0 N–H and O–H groups in total. The lowest BCUT2D eigenvalue weighted by Crippen LogP contribution is -2.23. The van der Waals surface area contributed by atoms with E-state index in [1.54, 1.807) is 7.11 Å². The van der Waals surface area contributed by atoms with Crippen LogP contribution >= 0.6 is 11.3 Å². The van der Waals surface area contributed by atoms with Gasteiger partial charge in [-0.05, 0) is 48.0 Å². The smallest absolute Gasteiger partial charge is 0.291 e. The molecule has 4 aromatic rings. The molecule has 0 unspecified atom stereocenters. The van der Waals surface area contributed by atoms with Crippen LogP contribution in [0.1, 0.15) is 5.56 Å². The van der Waals surface area contributed by atoms with E-state index in [0.29, 0.717) is 15.3 Å². The van der Waals surface area contributed by atoms with Crippen LogP contribution in [0.5, 0.6) is 5.75 Å². The molecule has 136 valence electrons. The van der Waals surface area contributed by atoms with E-state index in [1.165, 1.54) is 15.9 Å². The third kappa shape index (κ3) is 3.29. The Morgan fingerprint density at radius 3 is 2.37 bits per heavy atom. The molecular formula is C20H18N4O2S. The Labute approximate surface area is 160 Å². The molecule has 0 amide bonds. The molecule has 0 radical (unpaired) electrons. The van der Waals surface area contributed by atoms with Gasteiger partial charge in [0.2, 0.25) is 4.96 Å². The Hall–Kier alpha value is -3.19. The maximum Gasteiger partial charge on any atom is 0.291 e. The second-order valence-electron chi connectivity index (χ2n) is 6.26. The van der Waals surface area contributed by atoms with Gasteiger partial charge in [-0.2, -0.15) is 9.50 Å². The van der Waals surface area contributed by atoms with Gasteiger partial charge in [-0.3, -0.25) is 4.79 Å². The number of nitrogens with zero attached hydrogens (tertiary/aromatic N) is 4. The Morgan fingerprint density at radius 2 is 1.78 bits per heavy atom. The highest BCUT2D eigenvalue weighted by Gasteiger charge is 2.12. The third-order valence-corrected chi connectivity index (χ3v) is 5.20. The lowest BCUT2D eigenvalue weighted by Gasteiger charge is -2.11. The number of anilines is 1. The lowest BCUT2D eigenvalue weighted by molar-refractivity contribution is 0.415. The largest absolute Gasteiger partial charge is 0.497 e. The quantitative estimate of drug-likeness (QED) is 0.546. The number of hydrogen-bond donors (Lipinski definition) is 0. The molecular weight excluding hydrogens is 360 g/mol. The third-order valence-electron chi connectivity index (χ3n) is 4.24. The first kappa shape index (κ1) is 17.2. The van der Waals surface area contributed by atoms with Crippen molar-refractivity contribution in [1.82, 2.24) is 14.6 Å². The van der Waals surface area contributed by atoms with Crippen molar-refractivity contribution >= 4 is 28.1 Å². The SMILES string of the molecule is COc1ccc(-c2nc3s/c(=C\c4ccc(N(C)C)cc4)c(=O)n3n2)cc1. The fourth-order valence-electron chi connectivity index (χ4n) is 2.72. The predicted octanol–water partition coefficient (Wildman–Crippen LogP) is 2.44. The van der Waals surface area contributed by atoms with Crippen LogP contribution in [0.3, 0.4) is 0 Å². The van der Waals surface area contributed by atoms with Crippen molar-refractivity contribution in [3.05, 3.63) is 69.0 Å². The van der Waals surface area contributed by atoms with Crippen molar-refractivity contribution in [2.24, 2.45) is 0 Å². The van der Waals surface area contributed by atoms with Crippen LogP contribution in [0, 0.1) is 0 Å². The summed E-state index contributed by atoms with van der Waals surface area (Å²) in [6, 6.07) is 15.5. The lowest BCUT2D eigenvalue weighted by atomic mass is 10.2. The van der Waals surface area contributed by atoms with Gasteiger partial charge in [0.25, 0.3) is 5.56 Å². The van der Waals surface area contributed by atoms with Crippen molar-refractivity contribution in [1.29, 1.82) is 0 Å². The van der Waals surface area contributed by atoms with E-state index in [4.69, 9.17) is 4.74 Å². The fraction of sp³-hybridized carbons (Fsp3) is 0.150. The molecule has 0 saturated carbocycles. The topological polar surface area (TPSA) is 59.7 Å². The van der Waals surface area contributed by atoms with Gasteiger partial charge in [0.15, 0.2) is 5.82 Å². The van der Waals surface area contributed by atoms with Gasteiger partial charge in [-0.25, -0.2) is 0 Å². The predicted molar refractivity (Wildman–Crippen MR) is 109 cm³/mol. The fourth-order valence-corrected chi connectivity index (χ4v) is 3.62. The Balaban J connectivity index is 1.70. The van der Waals surface area contributed by atoms with Gasteiger partial charge in [0, 0.05) is 25.3 Å². The zero-order valence-electron chi connectivity index (χ0n) is 15.2. The molecule has 2 aromatic carbocycles. The highest BCUT2D eigenvalue weighted by Crippen LogP contribution is 2.20. The van der Waals surface area contributed by atoms with Gasteiger partial charge < -0.3 is 9.64 Å². The average Bonchev–Trinajstić information content (AvgIpc) is 3.22. The molecule has 0 aliphatic carbocycles. The monoisotopic (exact) mass is 378 g/mol. The van der Waals surface area contributed by atoms with Gasteiger partial charge in [-0.1, -0.05) is 23.5 Å². The van der Waals surface area contributed by atoms with Crippen LogP contribution in [0.25, 0.3) is 22.4 Å². The molecule has 0 atom stereocenters. The van der Waals surface area contributed by atoms with Crippen molar-refractivity contribution in [3.8, 4) is 17.1 Å². The van der Waals surface area contributed by atoms with Gasteiger partial charge >= 0.3 is 0 Å². The first-order valence-electron chi connectivity index (χ1n) is 8.38. The number of thiazole rings is 1. The van der Waals surface area contributed by atoms with E-state index in [0.717, 1.165) is 22.6 Å². The highest BCUT2D eigenvalue weighted by atomic mass is 32.1. The van der Waals surface area contributed by atoms with Gasteiger partial charge in [-0.15, -0.1) is 5.10 Å². The molecule has 2 heterocycles. The first-order chi connectivity index (χ1) is 13.0. The summed E-state index contributed by atoms with van der Waals surface area (Å²) in [7, 11) is 5.61. The van der Waals surface area contributed by atoms with Crippen molar-refractivity contribution in [3.63, 3.8) is 0 Å². The van der Waals surface area contributed by atoms with Crippen LogP contribution in [0.15, 0.2) is 53.3 Å². The van der Waals surface area contributed by atoms with E-state index in [-0.39, 0.29) is 5.56 Å². The van der Waals surface area contributed by atoms with Crippen LogP contribution in [0.4, 0.5) is 5.69 Å². The number of benzene rings is 2. The number of ether oxygens (including phenoxy) is 1. The summed E-state index contributed by atoms with van der Waals surface area (Å²) in [5.74, 6) is 1.30. The van der Waals surface area contributed by atoms with Crippen LogP contribution in [-0.2, 0) is 0 Å². The molecule has 2 aromatic heterocycles. The van der Waals surface area contributed by atoms with Crippen LogP contribution < -0.4 is 19.7 Å². The summed E-state index contributed by atoms with van der Waals surface area (Å²) in [5.41, 5.74) is 2.77. The molecule has 0 aliphatic rings. The number of hydrogen-bond acceptors (Lipinski definition) is 6. The minimum absolute atomic E-state index is 0.154. The van der Waals surface area contributed by atoms with E-state index < -0.39 is 0 Å². The van der Waals surface area contributed by atoms with Crippen molar-refractivity contribution in [2.75, 3.05) is 26.1 Å².